The lowest BCUT2D eigenvalue weighted by Gasteiger charge is -2.19. The van der Waals surface area contributed by atoms with Crippen LogP contribution in [0.15, 0.2) is 48.5 Å². The quantitative estimate of drug-likeness (QED) is 0.419. The van der Waals surface area contributed by atoms with Crippen molar-refractivity contribution >= 4 is 17.9 Å². The van der Waals surface area contributed by atoms with Crippen LogP contribution in [-0.2, 0) is 27.2 Å². The second kappa shape index (κ2) is 13.6. The van der Waals surface area contributed by atoms with Crippen molar-refractivity contribution in [1.82, 2.24) is 16.0 Å². The van der Waals surface area contributed by atoms with E-state index >= 15 is 0 Å². The molecule has 0 saturated carbocycles. The van der Waals surface area contributed by atoms with Crippen LogP contribution < -0.4 is 25.4 Å². The number of rotatable bonds is 12. The van der Waals surface area contributed by atoms with Crippen LogP contribution in [-0.4, -0.2) is 57.9 Å². The molecule has 0 heterocycles. The summed E-state index contributed by atoms with van der Waals surface area (Å²) in [5.74, 6) is 0.367. The molecule has 0 fully saturated rings. The minimum absolute atomic E-state index is 0.223. The number of benzene rings is 2. The van der Waals surface area contributed by atoms with Gasteiger partial charge in [-0.1, -0.05) is 36.4 Å². The smallest absolute Gasteiger partial charge is 0.325 e. The van der Waals surface area contributed by atoms with Crippen molar-refractivity contribution in [3.05, 3.63) is 59.7 Å². The Bertz CT molecular complexity index is 920. The number of carbonyl (C=O) groups excluding carboxylic acids is 3. The van der Waals surface area contributed by atoms with Crippen molar-refractivity contribution in [2.75, 3.05) is 33.9 Å². The summed E-state index contributed by atoms with van der Waals surface area (Å²) < 4.78 is 15.3. The molecule has 9 heteroatoms. The Morgan fingerprint density at radius 1 is 0.909 bits per heavy atom. The number of esters is 1. The van der Waals surface area contributed by atoms with E-state index < -0.39 is 18.0 Å². The Balaban J connectivity index is 1.96. The normalized spacial score (nSPS) is 11.1. The van der Waals surface area contributed by atoms with Gasteiger partial charge in [-0.05, 0) is 36.6 Å². The van der Waals surface area contributed by atoms with Crippen LogP contribution in [0.1, 0.15) is 18.1 Å². The summed E-state index contributed by atoms with van der Waals surface area (Å²) >= 11 is 0. The number of hydrogen-bond acceptors (Lipinski definition) is 6. The molecule has 0 radical (unpaired) electrons. The third-order valence-corrected chi connectivity index (χ3v) is 4.76. The zero-order valence-corrected chi connectivity index (χ0v) is 19.2. The monoisotopic (exact) mass is 457 g/mol. The molecule has 3 amide bonds. The summed E-state index contributed by atoms with van der Waals surface area (Å²) in [6, 6.07) is 13.5. The lowest BCUT2D eigenvalue weighted by atomic mass is 10.1. The van der Waals surface area contributed by atoms with E-state index in [1.807, 2.05) is 48.5 Å². The molecule has 0 aliphatic heterocycles. The molecule has 33 heavy (non-hydrogen) atoms. The summed E-state index contributed by atoms with van der Waals surface area (Å²) in [6.07, 6.45) is 0.870. The second-order valence-electron chi connectivity index (χ2n) is 7.10. The Kier molecular flexibility index (Phi) is 10.5. The van der Waals surface area contributed by atoms with Crippen LogP contribution in [0.25, 0.3) is 0 Å². The van der Waals surface area contributed by atoms with E-state index in [2.05, 4.69) is 16.0 Å². The molecule has 0 saturated heterocycles. The molecule has 1 unspecified atom stereocenters. The molecular formula is C24H31N3O6. The number of urea groups is 1. The lowest BCUT2D eigenvalue weighted by molar-refractivity contribution is -0.141. The molecule has 178 valence electrons. The maximum Gasteiger partial charge on any atom is 0.325 e. The fourth-order valence-electron chi connectivity index (χ4n) is 3.12. The van der Waals surface area contributed by atoms with Gasteiger partial charge < -0.3 is 30.2 Å². The van der Waals surface area contributed by atoms with E-state index in [1.165, 1.54) is 0 Å². The van der Waals surface area contributed by atoms with Gasteiger partial charge in [0.25, 0.3) is 0 Å². The van der Waals surface area contributed by atoms with Crippen molar-refractivity contribution in [2.24, 2.45) is 0 Å². The average Bonchev–Trinajstić information content (AvgIpc) is 2.83. The van der Waals surface area contributed by atoms with Crippen molar-refractivity contribution in [3.63, 3.8) is 0 Å². The lowest BCUT2D eigenvalue weighted by Crippen LogP contribution is -2.52. The number of ether oxygens (including phenoxy) is 3. The second-order valence-corrected chi connectivity index (χ2v) is 7.10. The topological polar surface area (TPSA) is 115 Å². The van der Waals surface area contributed by atoms with Crippen LogP contribution in [0.2, 0.25) is 0 Å². The van der Waals surface area contributed by atoms with Gasteiger partial charge in [-0.25, -0.2) is 4.79 Å². The van der Waals surface area contributed by atoms with Crippen molar-refractivity contribution in [1.29, 1.82) is 0 Å². The standard InChI is InChI=1S/C24H31N3O6/c1-4-33-22(28)16-26-24(30)27-19(14-17-8-6-5-7-9-17)23(29)25-13-12-18-10-11-20(31-2)21(15-18)32-3/h5-11,15,19H,4,12-14,16H2,1-3H3,(H,25,29)(H2,26,27,30). The maximum absolute atomic E-state index is 12.8. The van der Waals surface area contributed by atoms with Crippen LogP contribution >= 0.6 is 0 Å². The van der Waals surface area contributed by atoms with Crippen LogP contribution in [0, 0.1) is 0 Å². The minimum atomic E-state index is -0.819. The predicted octanol–water partition coefficient (Wildman–Crippen LogP) is 1.84. The van der Waals surface area contributed by atoms with E-state index in [-0.39, 0.29) is 19.1 Å². The molecule has 0 spiro atoms. The Hall–Kier alpha value is -3.75. The minimum Gasteiger partial charge on any atom is -0.493 e. The number of amides is 3. The van der Waals surface area contributed by atoms with Gasteiger partial charge >= 0.3 is 12.0 Å². The number of carbonyl (C=O) groups is 3. The third-order valence-electron chi connectivity index (χ3n) is 4.76. The first-order valence-electron chi connectivity index (χ1n) is 10.7. The van der Waals surface area contributed by atoms with Crippen molar-refractivity contribution < 1.29 is 28.6 Å². The first-order chi connectivity index (χ1) is 16.0. The first-order valence-corrected chi connectivity index (χ1v) is 10.7. The fourth-order valence-corrected chi connectivity index (χ4v) is 3.12. The molecule has 2 rings (SSSR count). The van der Waals surface area contributed by atoms with Crippen LogP contribution in [0.4, 0.5) is 4.79 Å². The first kappa shape index (κ1) is 25.5. The summed E-state index contributed by atoms with van der Waals surface area (Å²) in [5.41, 5.74) is 1.86. The Labute approximate surface area is 193 Å². The van der Waals surface area contributed by atoms with Gasteiger partial charge in [-0.2, -0.15) is 0 Å². The third kappa shape index (κ3) is 8.72. The fraction of sp³-hybridized carbons (Fsp3) is 0.375. The van der Waals surface area contributed by atoms with Gasteiger partial charge in [0.2, 0.25) is 5.91 Å². The van der Waals surface area contributed by atoms with E-state index in [0.717, 1.165) is 11.1 Å². The molecule has 1 atom stereocenters. The molecule has 3 N–H and O–H groups in total. The highest BCUT2D eigenvalue weighted by atomic mass is 16.5. The molecule has 0 aliphatic carbocycles. The van der Waals surface area contributed by atoms with Crippen molar-refractivity contribution in [2.45, 2.75) is 25.8 Å². The summed E-state index contributed by atoms with van der Waals surface area (Å²) in [4.78, 5) is 36.6. The van der Waals surface area contributed by atoms with E-state index in [1.54, 1.807) is 21.1 Å². The predicted molar refractivity (Wildman–Crippen MR) is 123 cm³/mol. The zero-order valence-electron chi connectivity index (χ0n) is 19.2. The molecule has 2 aromatic rings. The Morgan fingerprint density at radius 3 is 2.30 bits per heavy atom. The molecule has 2 aromatic carbocycles. The van der Waals surface area contributed by atoms with Gasteiger partial charge in [-0.3, -0.25) is 9.59 Å². The van der Waals surface area contributed by atoms with Crippen LogP contribution in [0.3, 0.4) is 0 Å². The van der Waals surface area contributed by atoms with Gasteiger partial charge in [0.05, 0.1) is 20.8 Å². The van der Waals surface area contributed by atoms with Gasteiger partial charge in [0.15, 0.2) is 11.5 Å². The van der Waals surface area contributed by atoms with E-state index in [9.17, 15) is 14.4 Å². The van der Waals surface area contributed by atoms with E-state index in [0.29, 0.717) is 30.9 Å². The molecule has 9 nitrogen and oxygen atoms in total. The summed E-state index contributed by atoms with van der Waals surface area (Å²) in [5, 5.41) is 7.91. The molecule has 0 aromatic heterocycles. The number of nitrogens with one attached hydrogen (secondary N) is 3. The van der Waals surface area contributed by atoms with Crippen LogP contribution in [0.5, 0.6) is 11.5 Å². The van der Waals surface area contributed by atoms with Gasteiger partial charge in [-0.15, -0.1) is 0 Å². The Morgan fingerprint density at radius 2 is 1.64 bits per heavy atom. The number of hydrogen-bond donors (Lipinski definition) is 3. The van der Waals surface area contributed by atoms with Gasteiger partial charge in [0.1, 0.15) is 12.6 Å². The maximum atomic E-state index is 12.8. The highest BCUT2D eigenvalue weighted by molar-refractivity contribution is 5.88. The summed E-state index contributed by atoms with van der Waals surface area (Å²) in [6.45, 7) is 1.99. The van der Waals surface area contributed by atoms with E-state index in [4.69, 9.17) is 14.2 Å². The number of methoxy groups -OCH3 is 2. The average molecular weight is 458 g/mol. The van der Waals surface area contributed by atoms with Gasteiger partial charge in [0, 0.05) is 13.0 Å². The largest absolute Gasteiger partial charge is 0.493 e. The summed E-state index contributed by atoms with van der Waals surface area (Å²) in [7, 11) is 3.14. The highest BCUT2D eigenvalue weighted by Gasteiger charge is 2.21. The highest BCUT2D eigenvalue weighted by Crippen LogP contribution is 2.27. The SMILES string of the molecule is CCOC(=O)CNC(=O)NC(Cc1ccccc1)C(=O)NCCc1ccc(OC)c(OC)c1. The molecular weight excluding hydrogens is 426 g/mol. The van der Waals surface area contributed by atoms with Crippen molar-refractivity contribution in [3.8, 4) is 11.5 Å². The molecule has 0 aliphatic rings. The molecule has 0 bridgehead atoms. The zero-order chi connectivity index (χ0) is 24.1.